The van der Waals surface area contributed by atoms with Gasteiger partial charge in [-0.15, -0.1) is 0 Å². The number of hydrogen-bond acceptors (Lipinski definition) is 5. The van der Waals surface area contributed by atoms with Crippen LogP contribution in [-0.2, 0) is 16.6 Å². The third kappa shape index (κ3) is 4.56. The molecular formula is C16H19Cl2N3O4S. The number of halogens is 2. The number of aryl methyl sites for hydroxylation is 1. The second-order valence-corrected chi connectivity index (χ2v) is 7.97. The Bertz CT molecular complexity index is 908. The second kappa shape index (κ2) is 8.39. The van der Waals surface area contributed by atoms with Crippen molar-refractivity contribution in [3.05, 3.63) is 45.6 Å². The van der Waals surface area contributed by atoms with Gasteiger partial charge >= 0.3 is 0 Å². The number of carbonyl (C=O) groups excluding carboxylic acids is 1. The molecule has 1 N–H and O–H groups in total. The molecule has 1 aromatic heterocycles. The van der Waals surface area contributed by atoms with Gasteiger partial charge in [0.2, 0.25) is 15.9 Å². The highest BCUT2D eigenvalue weighted by atomic mass is 35.5. The molecule has 0 aliphatic heterocycles. The maximum Gasteiger partial charge on any atom is 0.276 e. The van der Waals surface area contributed by atoms with Gasteiger partial charge in [0.1, 0.15) is 10.7 Å². The van der Waals surface area contributed by atoms with E-state index in [2.05, 4.69) is 9.71 Å². The van der Waals surface area contributed by atoms with Gasteiger partial charge in [-0.05, 0) is 39.0 Å². The van der Waals surface area contributed by atoms with Gasteiger partial charge in [-0.1, -0.05) is 23.2 Å². The standard InChI is InChI=1S/C16H19Cl2N3O4S/c1-4-21(5-2)16(22)15-10(3)25-14(20-15)9-19-26(23,24)13-8-11(17)6-7-12(13)18/h6-8,19H,4-5,9H2,1-3H3. The van der Waals surface area contributed by atoms with Crippen molar-refractivity contribution in [2.45, 2.75) is 32.2 Å². The van der Waals surface area contributed by atoms with E-state index in [0.717, 1.165) is 0 Å². The zero-order chi connectivity index (χ0) is 19.5. The summed E-state index contributed by atoms with van der Waals surface area (Å²) in [5.41, 5.74) is 0.170. The number of nitrogens with one attached hydrogen (secondary N) is 1. The molecular weight excluding hydrogens is 401 g/mol. The molecule has 0 fully saturated rings. The summed E-state index contributed by atoms with van der Waals surface area (Å²) in [4.78, 5) is 18.0. The number of rotatable bonds is 7. The van der Waals surface area contributed by atoms with Crippen LogP contribution in [0.25, 0.3) is 0 Å². The van der Waals surface area contributed by atoms with Gasteiger partial charge in [0, 0.05) is 18.1 Å². The van der Waals surface area contributed by atoms with Crippen LogP contribution in [0.2, 0.25) is 10.0 Å². The molecule has 26 heavy (non-hydrogen) atoms. The van der Waals surface area contributed by atoms with E-state index >= 15 is 0 Å². The summed E-state index contributed by atoms with van der Waals surface area (Å²) in [5.74, 6) is 0.153. The maximum absolute atomic E-state index is 12.4. The molecule has 0 unspecified atom stereocenters. The summed E-state index contributed by atoms with van der Waals surface area (Å²) in [5, 5.41) is 0.289. The van der Waals surface area contributed by atoms with E-state index in [1.807, 2.05) is 13.8 Å². The Hall–Kier alpha value is -1.61. The average Bonchev–Trinajstić information content (AvgIpc) is 2.97. The van der Waals surface area contributed by atoms with Crippen molar-refractivity contribution in [3.63, 3.8) is 0 Å². The van der Waals surface area contributed by atoms with Gasteiger partial charge in [-0.25, -0.2) is 18.1 Å². The Morgan fingerprint density at radius 3 is 2.54 bits per heavy atom. The number of oxazole rings is 1. The summed E-state index contributed by atoms with van der Waals surface area (Å²) in [6.07, 6.45) is 0. The molecule has 2 aromatic rings. The molecule has 0 saturated carbocycles. The smallest absolute Gasteiger partial charge is 0.276 e. The van der Waals surface area contributed by atoms with Crippen LogP contribution < -0.4 is 4.72 Å². The molecule has 10 heteroatoms. The van der Waals surface area contributed by atoms with Gasteiger partial charge in [-0.3, -0.25) is 4.79 Å². The van der Waals surface area contributed by atoms with E-state index in [1.165, 1.54) is 18.2 Å². The lowest BCUT2D eigenvalue weighted by Crippen LogP contribution is -2.31. The molecule has 1 heterocycles. The average molecular weight is 420 g/mol. The molecule has 1 aromatic carbocycles. The first-order valence-corrected chi connectivity index (χ1v) is 10.1. The molecule has 0 aliphatic rings. The minimum absolute atomic E-state index is 0.0443. The zero-order valence-electron chi connectivity index (χ0n) is 14.5. The molecule has 0 spiro atoms. The Morgan fingerprint density at radius 1 is 1.27 bits per heavy atom. The Kier molecular flexibility index (Phi) is 6.68. The van der Waals surface area contributed by atoms with Crippen LogP contribution in [0.5, 0.6) is 0 Å². The number of amides is 1. The SMILES string of the molecule is CCN(CC)C(=O)c1nc(CNS(=O)(=O)c2cc(Cl)ccc2Cl)oc1C. The first kappa shape index (κ1) is 20.7. The van der Waals surface area contributed by atoms with E-state index in [9.17, 15) is 13.2 Å². The van der Waals surface area contributed by atoms with Crippen LogP contribution in [0.15, 0.2) is 27.5 Å². The number of carbonyl (C=O) groups is 1. The maximum atomic E-state index is 12.4. The van der Waals surface area contributed by atoms with Gasteiger partial charge in [-0.2, -0.15) is 0 Å². The molecule has 0 bridgehead atoms. The number of aromatic nitrogens is 1. The number of nitrogens with zero attached hydrogens (tertiary/aromatic N) is 2. The highest BCUT2D eigenvalue weighted by molar-refractivity contribution is 7.89. The molecule has 0 atom stereocenters. The van der Waals surface area contributed by atoms with Crippen molar-refractivity contribution in [1.29, 1.82) is 0 Å². The summed E-state index contributed by atoms with van der Waals surface area (Å²) in [7, 11) is -3.92. The van der Waals surface area contributed by atoms with Crippen LogP contribution in [0.3, 0.4) is 0 Å². The van der Waals surface area contributed by atoms with Crippen LogP contribution in [0.4, 0.5) is 0 Å². The Balaban J connectivity index is 2.19. The predicted molar refractivity (Wildman–Crippen MR) is 99.0 cm³/mol. The fourth-order valence-electron chi connectivity index (χ4n) is 2.30. The van der Waals surface area contributed by atoms with E-state index < -0.39 is 10.0 Å². The van der Waals surface area contributed by atoms with Crippen molar-refractivity contribution in [1.82, 2.24) is 14.6 Å². The third-order valence-electron chi connectivity index (χ3n) is 3.69. The lowest BCUT2D eigenvalue weighted by molar-refractivity contribution is 0.0766. The monoisotopic (exact) mass is 419 g/mol. The summed E-state index contributed by atoms with van der Waals surface area (Å²) < 4.78 is 32.6. The third-order valence-corrected chi connectivity index (χ3v) is 5.81. The van der Waals surface area contributed by atoms with Crippen molar-refractivity contribution in [2.24, 2.45) is 0 Å². The van der Waals surface area contributed by atoms with Gasteiger partial charge in [0.05, 0.1) is 11.6 Å². The van der Waals surface area contributed by atoms with Crippen molar-refractivity contribution < 1.29 is 17.6 Å². The van der Waals surface area contributed by atoms with Gasteiger partial charge in [0.25, 0.3) is 5.91 Å². The van der Waals surface area contributed by atoms with Crippen LogP contribution in [0, 0.1) is 6.92 Å². The second-order valence-electron chi connectivity index (χ2n) is 5.39. The highest BCUT2D eigenvalue weighted by Crippen LogP contribution is 2.25. The van der Waals surface area contributed by atoms with Crippen LogP contribution in [-0.4, -0.2) is 37.3 Å². The minimum atomic E-state index is -3.92. The van der Waals surface area contributed by atoms with E-state index in [-0.39, 0.29) is 39.0 Å². The Morgan fingerprint density at radius 2 is 1.92 bits per heavy atom. The minimum Gasteiger partial charge on any atom is -0.444 e. The van der Waals surface area contributed by atoms with E-state index in [1.54, 1.807) is 11.8 Å². The first-order chi connectivity index (χ1) is 12.2. The van der Waals surface area contributed by atoms with Crippen molar-refractivity contribution >= 4 is 39.1 Å². The summed E-state index contributed by atoms with van der Waals surface area (Å²) in [6.45, 7) is 6.18. The molecule has 142 valence electrons. The predicted octanol–water partition coefficient (Wildman–Crippen LogP) is 3.25. The van der Waals surface area contributed by atoms with E-state index in [4.69, 9.17) is 27.6 Å². The fourth-order valence-corrected chi connectivity index (χ4v) is 4.04. The quantitative estimate of drug-likeness (QED) is 0.743. The fraction of sp³-hybridized carbons (Fsp3) is 0.375. The molecule has 2 rings (SSSR count). The van der Waals surface area contributed by atoms with Gasteiger partial charge in [0.15, 0.2) is 5.69 Å². The van der Waals surface area contributed by atoms with Crippen LogP contribution in [0.1, 0.15) is 36.0 Å². The van der Waals surface area contributed by atoms with Crippen molar-refractivity contribution in [2.75, 3.05) is 13.1 Å². The number of sulfonamides is 1. The van der Waals surface area contributed by atoms with Gasteiger partial charge < -0.3 is 9.32 Å². The molecule has 7 nitrogen and oxygen atoms in total. The molecule has 1 amide bonds. The molecule has 0 aliphatic carbocycles. The largest absolute Gasteiger partial charge is 0.444 e. The summed E-state index contributed by atoms with van der Waals surface area (Å²) in [6, 6.07) is 4.14. The van der Waals surface area contributed by atoms with E-state index in [0.29, 0.717) is 18.8 Å². The summed E-state index contributed by atoms with van der Waals surface area (Å²) >= 11 is 11.8. The van der Waals surface area contributed by atoms with Crippen LogP contribution >= 0.6 is 23.2 Å². The first-order valence-electron chi connectivity index (χ1n) is 7.89. The zero-order valence-corrected chi connectivity index (χ0v) is 16.9. The number of benzene rings is 1. The van der Waals surface area contributed by atoms with Crippen molar-refractivity contribution in [3.8, 4) is 0 Å². The molecule has 0 radical (unpaired) electrons. The molecule has 0 saturated heterocycles. The number of hydrogen-bond donors (Lipinski definition) is 1. The highest BCUT2D eigenvalue weighted by Gasteiger charge is 2.23. The lowest BCUT2D eigenvalue weighted by Gasteiger charge is -2.16. The topological polar surface area (TPSA) is 92.5 Å². The lowest BCUT2D eigenvalue weighted by atomic mass is 10.3. The normalized spacial score (nSPS) is 11.6. The Labute approximate surface area is 162 Å².